The molecule has 0 saturated heterocycles. The van der Waals surface area contributed by atoms with Crippen molar-refractivity contribution in [3.63, 3.8) is 0 Å². The number of nitrogens with one attached hydrogen (secondary N) is 1. The zero-order chi connectivity index (χ0) is 30.6. The Morgan fingerprint density at radius 2 is 1.13 bits per heavy atom. The lowest BCUT2D eigenvalue weighted by Gasteiger charge is -2.67. The van der Waals surface area contributed by atoms with Gasteiger partial charge in [-0.25, -0.2) is 8.93 Å². The van der Waals surface area contributed by atoms with Crippen LogP contribution in [0.1, 0.15) is 115 Å². The van der Waals surface area contributed by atoms with E-state index in [0.29, 0.717) is 10.3 Å². The highest BCUT2D eigenvalue weighted by Gasteiger charge is 2.63. The minimum atomic E-state index is -1.19. The van der Waals surface area contributed by atoms with E-state index in [2.05, 4.69) is 92.2 Å². The Kier molecular flexibility index (Phi) is 7.06. The molecule has 0 radical (unpaired) electrons. The average Bonchev–Trinajstić information content (AvgIpc) is 2.98. The summed E-state index contributed by atoms with van der Waals surface area (Å²) < 4.78 is 17.5. The second-order valence-electron chi connectivity index (χ2n) is 17.7. The second kappa shape index (κ2) is 10.7. The summed E-state index contributed by atoms with van der Waals surface area (Å²) in [6, 6.07) is 25.3. The third kappa shape index (κ3) is 5.04. The first kappa shape index (κ1) is 29.6. The predicted octanol–water partition coefficient (Wildman–Crippen LogP) is 10.0. The largest absolute Gasteiger partial charge is 0.242 e. The lowest BCUT2D eigenvalue weighted by Crippen LogP contribution is -2.58. The molecule has 0 unspecified atom stereocenters. The van der Waals surface area contributed by atoms with Gasteiger partial charge in [-0.2, -0.15) is 0 Å². The fourth-order valence-electron chi connectivity index (χ4n) is 12.6. The summed E-state index contributed by atoms with van der Waals surface area (Å²) in [5.74, 6) is 5.78. The van der Waals surface area contributed by atoms with Gasteiger partial charge < -0.3 is 0 Å². The highest BCUT2D eigenvalue weighted by molar-refractivity contribution is 7.84. The minimum absolute atomic E-state index is 0.0845. The van der Waals surface area contributed by atoms with E-state index in [0.717, 1.165) is 35.5 Å². The molecule has 2 atom stereocenters. The third-order valence-electron chi connectivity index (χ3n) is 13.3. The molecule has 0 amide bonds. The Labute approximate surface area is 275 Å². The number of hydrogen-bond acceptors (Lipinski definition) is 1. The Balaban J connectivity index is 1.23. The van der Waals surface area contributed by atoms with Gasteiger partial charge in [0.05, 0.1) is 21.8 Å². The molecule has 2 nitrogen and oxygen atoms in total. The molecule has 0 heterocycles. The van der Waals surface area contributed by atoms with Crippen LogP contribution in [-0.4, -0.2) is 19.3 Å². The molecule has 8 aliphatic rings. The van der Waals surface area contributed by atoms with Crippen LogP contribution in [0.2, 0.25) is 0 Å². The maximum Gasteiger partial charge on any atom is 0.0979 e. The molecule has 3 aromatic carbocycles. The van der Waals surface area contributed by atoms with Crippen LogP contribution in [0, 0.1) is 35.5 Å². The van der Waals surface area contributed by atoms with Crippen LogP contribution in [0.3, 0.4) is 0 Å². The van der Waals surface area contributed by atoms with Crippen molar-refractivity contribution in [1.82, 2.24) is 4.72 Å². The molecule has 238 valence electrons. The first-order valence-electron chi connectivity index (χ1n) is 18.2. The quantitative estimate of drug-likeness (QED) is 0.257. The maximum absolute atomic E-state index is 14.0. The summed E-state index contributed by atoms with van der Waals surface area (Å²) in [7, 11) is -1.56. The van der Waals surface area contributed by atoms with E-state index in [1.807, 2.05) is 0 Å². The van der Waals surface area contributed by atoms with E-state index in [9.17, 15) is 4.21 Å². The number of fused-ring (bicyclic) bond motifs is 1. The highest BCUT2D eigenvalue weighted by Crippen LogP contribution is 2.78. The van der Waals surface area contributed by atoms with E-state index < -0.39 is 11.0 Å². The van der Waals surface area contributed by atoms with Crippen LogP contribution in [0.4, 0.5) is 0 Å². The van der Waals surface area contributed by atoms with Gasteiger partial charge in [-0.3, -0.25) is 0 Å². The summed E-state index contributed by atoms with van der Waals surface area (Å²) in [4.78, 5) is 0. The van der Waals surface area contributed by atoms with Gasteiger partial charge in [0, 0.05) is 0 Å². The van der Waals surface area contributed by atoms with Crippen LogP contribution in [-0.2, 0) is 11.0 Å². The van der Waals surface area contributed by atoms with Gasteiger partial charge in [0.25, 0.3) is 0 Å². The summed E-state index contributed by atoms with van der Waals surface area (Å²) in [5.41, 5.74) is 2.69. The first-order chi connectivity index (χ1) is 21.7. The minimum Gasteiger partial charge on any atom is -0.242 e. The normalized spacial score (nSPS) is 38.5. The molecule has 3 aromatic rings. The lowest BCUT2D eigenvalue weighted by molar-refractivity contribution is 0.0195. The Morgan fingerprint density at radius 3 is 1.64 bits per heavy atom. The number of hydrogen-bond donors (Lipinski definition) is 1. The number of benzene rings is 3. The third-order valence-corrected chi connectivity index (χ3v) is 18.8. The maximum atomic E-state index is 14.0. The molecule has 8 saturated carbocycles. The van der Waals surface area contributed by atoms with Gasteiger partial charge in [-0.05, 0) is 177 Å². The molecule has 0 spiro atoms. The zero-order valence-electron chi connectivity index (χ0n) is 27.6. The van der Waals surface area contributed by atoms with Gasteiger partial charge in [-0.15, -0.1) is 0 Å². The summed E-state index contributed by atoms with van der Waals surface area (Å²) in [6.45, 7) is 6.33. The molecule has 8 fully saturated rings. The van der Waals surface area contributed by atoms with Crippen LogP contribution < -0.4 is 10.0 Å². The van der Waals surface area contributed by atoms with E-state index >= 15 is 0 Å². The van der Waals surface area contributed by atoms with Crippen molar-refractivity contribution in [2.75, 3.05) is 0 Å². The molecule has 8 aliphatic carbocycles. The van der Waals surface area contributed by atoms with Crippen molar-refractivity contribution in [3.05, 3.63) is 77.9 Å². The van der Waals surface area contributed by atoms with E-state index in [1.54, 1.807) is 5.30 Å². The fourth-order valence-corrected chi connectivity index (χ4v) is 18.8. The van der Waals surface area contributed by atoms with Crippen LogP contribution in [0.5, 0.6) is 0 Å². The predicted molar refractivity (Wildman–Crippen MR) is 192 cm³/mol. The molecular formula is C41H52NOPS. The molecule has 8 bridgehead atoms. The molecular weight excluding hydrogens is 585 g/mol. The van der Waals surface area contributed by atoms with Gasteiger partial charge in [-0.1, -0.05) is 68.6 Å². The monoisotopic (exact) mass is 637 g/mol. The Morgan fingerprint density at radius 1 is 0.667 bits per heavy atom. The molecule has 45 heavy (non-hydrogen) atoms. The molecule has 0 aromatic heterocycles. The summed E-state index contributed by atoms with van der Waals surface area (Å²) in [5, 5.41) is 5.24. The van der Waals surface area contributed by atoms with Gasteiger partial charge in [0.2, 0.25) is 0 Å². The zero-order valence-corrected chi connectivity index (χ0v) is 29.4. The van der Waals surface area contributed by atoms with Gasteiger partial charge in [0.1, 0.15) is 0 Å². The summed E-state index contributed by atoms with van der Waals surface area (Å²) >= 11 is 0. The average molecular weight is 638 g/mol. The fraction of sp³-hybridized carbons (Fsp3) is 0.610. The Hall–Kier alpha value is -1.54. The van der Waals surface area contributed by atoms with E-state index in [-0.39, 0.29) is 18.7 Å². The first-order valence-corrected chi connectivity index (χ1v) is 20.7. The van der Waals surface area contributed by atoms with E-state index in [1.165, 1.54) is 98.9 Å². The van der Waals surface area contributed by atoms with Gasteiger partial charge >= 0.3 is 0 Å². The SMILES string of the molecule is CC(C)(C)[S@@](=O)N[C@@H](c1ccc2ccccc2c1)c1ccccc1P(C12CC3CC(CC(C3)C1)C2)C12CC3CC(CC(C3)C1)C2. The van der Waals surface area contributed by atoms with Gasteiger partial charge in [0.15, 0.2) is 0 Å². The standard InChI is InChI=1S/C41H52NOPS/c1-39(2,3)45(43)42-38(35-13-12-33-8-4-5-9-34(33)20-35)36-10-6-7-11-37(36)44(40-21-27-14-28(22-40)16-29(15-27)23-40)41-24-30-17-31(25-41)19-32(18-30)26-41/h4-13,20,27-32,38,42H,14-19,21-26H2,1-3H3/t27?,28?,29?,30?,31?,32?,38-,40?,41?,44?,45+/m0/s1. The van der Waals surface area contributed by atoms with Crippen molar-refractivity contribution < 1.29 is 4.21 Å². The molecule has 4 heteroatoms. The van der Waals surface area contributed by atoms with Crippen molar-refractivity contribution in [1.29, 1.82) is 0 Å². The van der Waals surface area contributed by atoms with Crippen molar-refractivity contribution in [3.8, 4) is 0 Å². The van der Waals surface area contributed by atoms with Crippen molar-refractivity contribution >= 4 is 35.0 Å². The van der Waals surface area contributed by atoms with Crippen molar-refractivity contribution in [2.24, 2.45) is 35.5 Å². The van der Waals surface area contributed by atoms with Crippen LogP contribution in [0.25, 0.3) is 10.8 Å². The van der Waals surface area contributed by atoms with Crippen LogP contribution >= 0.6 is 7.92 Å². The van der Waals surface area contributed by atoms with E-state index in [4.69, 9.17) is 0 Å². The van der Waals surface area contributed by atoms with Crippen LogP contribution in [0.15, 0.2) is 66.7 Å². The topological polar surface area (TPSA) is 29.1 Å². The highest BCUT2D eigenvalue weighted by atomic mass is 32.2. The number of rotatable bonds is 7. The molecule has 11 rings (SSSR count). The smallest absolute Gasteiger partial charge is 0.0979 e. The second-order valence-corrected chi connectivity index (χ2v) is 22.8. The van der Waals surface area contributed by atoms with Crippen molar-refractivity contribution in [2.45, 2.75) is 119 Å². The lowest BCUT2D eigenvalue weighted by atomic mass is 9.55. The molecule has 0 aliphatic heterocycles. The Bertz CT molecular complexity index is 1520. The molecule has 1 N–H and O–H groups in total. The summed E-state index contributed by atoms with van der Waals surface area (Å²) in [6.07, 6.45) is 18.0.